The zero-order valence-electron chi connectivity index (χ0n) is 15.2. The van der Waals surface area contributed by atoms with Gasteiger partial charge in [0.05, 0.1) is 32.2 Å². The van der Waals surface area contributed by atoms with Gasteiger partial charge < -0.3 is 14.2 Å². The van der Waals surface area contributed by atoms with Crippen molar-refractivity contribution in [1.82, 2.24) is 0 Å². The Labute approximate surface area is 153 Å². The summed E-state index contributed by atoms with van der Waals surface area (Å²) < 4.78 is 17.9. The Balaban J connectivity index is 1.83. The SMILES string of the molecule is COc1cccc2c1O[C@]1([NH+]3CCOCC3)CCCC[C@H]1[C@@H]2C[N+](=O)[O-]. The maximum absolute atomic E-state index is 11.5. The molecule has 0 aromatic heterocycles. The zero-order valence-corrected chi connectivity index (χ0v) is 15.2. The highest BCUT2D eigenvalue weighted by molar-refractivity contribution is 5.50. The Hall–Kier alpha value is -1.86. The molecular formula is C19H27N2O5+. The van der Waals surface area contributed by atoms with Gasteiger partial charge in [-0.15, -0.1) is 0 Å². The maximum atomic E-state index is 11.5. The van der Waals surface area contributed by atoms with Crippen molar-refractivity contribution >= 4 is 0 Å². The number of hydrogen-bond acceptors (Lipinski definition) is 5. The van der Waals surface area contributed by atoms with Crippen molar-refractivity contribution in [3.05, 3.63) is 33.9 Å². The molecule has 0 unspecified atom stereocenters. The van der Waals surface area contributed by atoms with Crippen LogP contribution in [0.2, 0.25) is 0 Å². The second-order valence-corrected chi connectivity index (χ2v) is 7.56. The van der Waals surface area contributed by atoms with E-state index in [0.717, 1.165) is 44.3 Å². The summed E-state index contributed by atoms with van der Waals surface area (Å²) in [4.78, 5) is 12.7. The number of rotatable bonds is 4. The van der Waals surface area contributed by atoms with Crippen molar-refractivity contribution in [3.8, 4) is 11.5 Å². The van der Waals surface area contributed by atoms with Crippen LogP contribution < -0.4 is 14.4 Å². The summed E-state index contributed by atoms with van der Waals surface area (Å²) in [6, 6.07) is 5.76. The molecule has 0 radical (unpaired) electrons. The number of nitrogens with zero attached hydrogens (tertiary/aromatic N) is 1. The van der Waals surface area contributed by atoms with Gasteiger partial charge >= 0.3 is 0 Å². The summed E-state index contributed by atoms with van der Waals surface area (Å²) in [5.41, 5.74) is 0.515. The van der Waals surface area contributed by atoms with E-state index in [9.17, 15) is 10.1 Å². The fraction of sp³-hybridized carbons (Fsp3) is 0.684. The predicted octanol–water partition coefficient (Wildman–Crippen LogP) is 1.25. The number of hydrogen-bond donors (Lipinski definition) is 1. The average Bonchev–Trinajstić information content (AvgIpc) is 2.67. The predicted molar refractivity (Wildman–Crippen MR) is 94.4 cm³/mol. The first kappa shape index (κ1) is 17.5. The minimum Gasteiger partial charge on any atom is -0.493 e. The summed E-state index contributed by atoms with van der Waals surface area (Å²) in [6.45, 7) is 3.13. The third-order valence-corrected chi connectivity index (χ3v) is 6.35. The van der Waals surface area contributed by atoms with Crippen LogP contribution in [0.1, 0.15) is 37.2 Å². The summed E-state index contributed by atoms with van der Waals surface area (Å²) in [5, 5.41) is 11.5. The van der Waals surface area contributed by atoms with Gasteiger partial charge in [-0.05, 0) is 18.9 Å². The molecule has 26 heavy (non-hydrogen) atoms. The third-order valence-electron chi connectivity index (χ3n) is 6.35. The number of methoxy groups -OCH3 is 1. The number of para-hydroxylation sites is 1. The molecule has 1 N–H and O–H groups in total. The molecular weight excluding hydrogens is 336 g/mol. The van der Waals surface area contributed by atoms with Gasteiger partial charge in [0.2, 0.25) is 12.3 Å². The normalized spacial score (nSPS) is 31.4. The molecule has 2 aliphatic heterocycles. The first-order valence-corrected chi connectivity index (χ1v) is 9.56. The molecule has 2 fully saturated rings. The Bertz CT molecular complexity index is 676. The third kappa shape index (κ3) is 2.83. The first-order chi connectivity index (χ1) is 12.7. The van der Waals surface area contributed by atoms with Gasteiger partial charge in [0.25, 0.3) is 0 Å². The molecule has 1 aliphatic carbocycles. The van der Waals surface area contributed by atoms with Gasteiger partial charge in [0, 0.05) is 16.9 Å². The van der Waals surface area contributed by atoms with E-state index in [1.54, 1.807) is 7.11 Å². The van der Waals surface area contributed by atoms with Crippen LogP contribution >= 0.6 is 0 Å². The van der Waals surface area contributed by atoms with E-state index in [1.165, 1.54) is 4.90 Å². The molecule has 0 amide bonds. The molecule has 142 valence electrons. The van der Waals surface area contributed by atoms with E-state index in [4.69, 9.17) is 14.2 Å². The Morgan fingerprint density at radius 3 is 2.88 bits per heavy atom. The highest BCUT2D eigenvalue weighted by atomic mass is 16.6. The highest BCUT2D eigenvalue weighted by Crippen LogP contribution is 2.52. The molecule has 1 aromatic carbocycles. The van der Waals surface area contributed by atoms with E-state index < -0.39 is 5.72 Å². The van der Waals surface area contributed by atoms with Crippen molar-refractivity contribution in [2.45, 2.75) is 37.3 Å². The van der Waals surface area contributed by atoms with E-state index in [0.29, 0.717) is 24.7 Å². The van der Waals surface area contributed by atoms with Crippen LogP contribution in [0, 0.1) is 16.0 Å². The van der Waals surface area contributed by atoms with E-state index in [1.807, 2.05) is 18.2 Å². The molecule has 4 rings (SSSR count). The number of nitro groups is 1. The van der Waals surface area contributed by atoms with Gasteiger partial charge in [-0.2, -0.15) is 0 Å². The van der Waals surface area contributed by atoms with Crippen molar-refractivity contribution in [1.29, 1.82) is 0 Å². The van der Waals surface area contributed by atoms with Crippen LogP contribution in [-0.4, -0.2) is 50.6 Å². The summed E-state index contributed by atoms with van der Waals surface area (Å²) in [5.74, 6) is 1.39. The fourth-order valence-electron chi connectivity index (χ4n) is 5.26. The van der Waals surface area contributed by atoms with Crippen molar-refractivity contribution < 1.29 is 24.0 Å². The second kappa shape index (κ2) is 7.04. The van der Waals surface area contributed by atoms with E-state index >= 15 is 0 Å². The van der Waals surface area contributed by atoms with Crippen LogP contribution in [0.4, 0.5) is 0 Å². The molecule has 3 aliphatic rings. The maximum Gasteiger partial charge on any atom is 0.245 e. The van der Waals surface area contributed by atoms with Crippen LogP contribution in [0.3, 0.4) is 0 Å². The van der Waals surface area contributed by atoms with Gasteiger partial charge in [0.1, 0.15) is 13.1 Å². The van der Waals surface area contributed by atoms with Gasteiger partial charge in [-0.1, -0.05) is 18.6 Å². The number of fused-ring (bicyclic) bond motifs is 2. The number of benzene rings is 1. The van der Waals surface area contributed by atoms with E-state index in [-0.39, 0.29) is 23.3 Å². The van der Waals surface area contributed by atoms with Crippen molar-refractivity contribution in [2.75, 3.05) is 40.0 Å². The van der Waals surface area contributed by atoms with Crippen molar-refractivity contribution in [3.63, 3.8) is 0 Å². The Morgan fingerprint density at radius 1 is 1.35 bits per heavy atom. The topological polar surface area (TPSA) is 75.3 Å². The lowest BCUT2D eigenvalue weighted by molar-refractivity contribution is -0.988. The molecule has 1 saturated heterocycles. The lowest BCUT2D eigenvalue weighted by Crippen LogP contribution is -3.24. The number of ether oxygens (including phenoxy) is 3. The largest absolute Gasteiger partial charge is 0.493 e. The van der Waals surface area contributed by atoms with Gasteiger partial charge in [-0.3, -0.25) is 15.0 Å². The first-order valence-electron chi connectivity index (χ1n) is 9.56. The molecule has 2 heterocycles. The molecule has 3 atom stereocenters. The van der Waals surface area contributed by atoms with Crippen LogP contribution in [0.25, 0.3) is 0 Å². The van der Waals surface area contributed by atoms with Crippen LogP contribution in [0.15, 0.2) is 18.2 Å². The van der Waals surface area contributed by atoms with Crippen LogP contribution in [0.5, 0.6) is 11.5 Å². The number of nitrogens with one attached hydrogen (secondary N) is 1. The lowest BCUT2D eigenvalue weighted by Gasteiger charge is -2.53. The number of morpholine rings is 1. The quantitative estimate of drug-likeness (QED) is 0.644. The average molecular weight is 363 g/mol. The van der Waals surface area contributed by atoms with Gasteiger partial charge in [-0.25, -0.2) is 0 Å². The smallest absolute Gasteiger partial charge is 0.245 e. The molecule has 1 aromatic rings. The Morgan fingerprint density at radius 2 is 2.15 bits per heavy atom. The molecule has 7 nitrogen and oxygen atoms in total. The summed E-state index contributed by atoms with van der Waals surface area (Å²) in [6.07, 6.45) is 4.10. The standard InChI is InChI=1S/C19H26N2O5/c1-24-17-7-4-5-14-15(13-21(22)23)16-6-2-3-8-19(16,26-18(14)17)20-9-11-25-12-10-20/h4-5,7,15-16H,2-3,6,8-13H2,1H3/p+1/t15-,16+,19-/m1/s1. The number of quaternary nitrogens is 1. The van der Waals surface area contributed by atoms with Crippen LogP contribution in [-0.2, 0) is 4.74 Å². The molecule has 7 heteroatoms. The Kier molecular flexibility index (Phi) is 4.75. The summed E-state index contributed by atoms with van der Waals surface area (Å²) >= 11 is 0. The highest BCUT2D eigenvalue weighted by Gasteiger charge is 2.59. The molecule has 1 saturated carbocycles. The second-order valence-electron chi connectivity index (χ2n) is 7.56. The van der Waals surface area contributed by atoms with Gasteiger partial charge in [0.15, 0.2) is 11.5 Å². The zero-order chi connectivity index (χ0) is 18.1. The minimum absolute atomic E-state index is 0.0558. The van der Waals surface area contributed by atoms with Crippen molar-refractivity contribution in [2.24, 2.45) is 5.92 Å². The molecule has 0 bridgehead atoms. The lowest BCUT2D eigenvalue weighted by atomic mass is 9.68. The summed E-state index contributed by atoms with van der Waals surface area (Å²) in [7, 11) is 1.63. The fourth-order valence-corrected chi connectivity index (χ4v) is 5.26. The monoisotopic (exact) mass is 363 g/mol. The molecule has 0 spiro atoms. The minimum atomic E-state index is -0.412. The van der Waals surface area contributed by atoms with E-state index in [2.05, 4.69) is 0 Å².